The maximum atomic E-state index is 3.65. The number of benzene rings is 2. The number of hydrogen-bond acceptors (Lipinski definition) is 3. The number of fused-ring (bicyclic) bond motifs is 2. The molecule has 3 heterocycles. The van der Waals surface area contributed by atoms with Gasteiger partial charge in [-0.25, -0.2) is 0 Å². The molecule has 1 unspecified atom stereocenters. The second kappa shape index (κ2) is 9.62. The Morgan fingerprint density at radius 2 is 1.85 bits per heavy atom. The SMILES string of the molecule is CCNCCC(C)c1cn(C)c2ccc(Nc3ccc4c(C5CCNCC5)c[nH]c4c3)cc12. The van der Waals surface area contributed by atoms with Crippen molar-refractivity contribution in [2.75, 3.05) is 31.5 Å². The first-order valence-corrected chi connectivity index (χ1v) is 12.5. The average molecular weight is 444 g/mol. The number of piperidine rings is 1. The van der Waals surface area contributed by atoms with Crippen LogP contribution in [-0.4, -0.2) is 35.7 Å². The second-order valence-electron chi connectivity index (χ2n) is 9.62. The molecule has 2 aromatic heterocycles. The molecule has 0 amide bonds. The summed E-state index contributed by atoms with van der Waals surface area (Å²) < 4.78 is 2.26. The van der Waals surface area contributed by atoms with E-state index < -0.39 is 0 Å². The number of aromatic nitrogens is 2. The van der Waals surface area contributed by atoms with E-state index in [0.717, 1.165) is 44.0 Å². The monoisotopic (exact) mass is 443 g/mol. The summed E-state index contributed by atoms with van der Waals surface area (Å²) in [6.45, 7) is 8.83. The molecular formula is C28H37N5. The number of anilines is 2. The molecule has 1 saturated heterocycles. The first-order chi connectivity index (χ1) is 16.1. The van der Waals surface area contributed by atoms with E-state index >= 15 is 0 Å². The molecule has 0 aliphatic carbocycles. The van der Waals surface area contributed by atoms with Crippen molar-refractivity contribution < 1.29 is 0 Å². The third kappa shape index (κ3) is 4.53. The van der Waals surface area contributed by atoms with Crippen LogP contribution in [0.25, 0.3) is 21.8 Å². The molecule has 1 aliphatic heterocycles. The van der Waals surface area contributed by atoms with E-state index in [9.17, 15) is 0 Å². The fraction of sp³-hybridized carbons (Fsp3) is 0.429. The molecule has 5 rings (SSSR count). The molecule has 5 nitrogen and oxygen atoms in total. The molecule has 0 radical (unpaired) electrons. The lowest BCUT2D eigenvalue weighted by Crippen LogP contribution is -2.26. The second-order valence-corrected chi connectivity index (χ2v) is 9.62. The van der Waals surface area contributed by atoms with Crippen molar-refractivity contribution in [3.63, 3.8) is 0 Å². The van der Waals surface area contributed by atoms with Crippen molar-refractivity contribution >= 4 is 33.2 Å². The normalized spacial score (nSPS) is 16.0. The largest absolute Gasteiger partial charge is 0.361 e. The van der Waals surface area contributed by atoms with Gasteiger partial charge in [0, 0.05) is 52.6 Å². The molecule has 5 heteroatoms. The van der Waals surface area contributed by atoms with Crippen LogP contribution in [0.2, 0.25) is 0 Å². The quantitative estimate of drug-likeness (QED) is 0.254. The fourth-order valence-electron chi connectivity index (χ4n) is 5.41. The van der Waals surface area contributed by atoms with Gasteiger partial charge in [-0.15, -0.1) is 0 Å². The zero-order valence-corrected chi connectivity index (χ0v) is 20.2. The van der Waals surface area contributed by atoms with Gasteiger partial charge in [-0.05, 0) is 98.7 Å². The number of H-pyrrole nitrogens is 1. The van der Waals surface area contributed by atoms with Crippen molar-refractivity contribution in [1.82, 2.24) is 20.2 Å². The van der Waals surface area contributed by atoms with E-state index in [4.69, 9.17) is 0 Å². The van der Waals surface area contributed by atoms with Crippen LogP contribution in [-0.2, 0) is 7.05 Å². The molecule has 0 bridgehead atoms. The van der Waals surface area contributed by atoms with Crippen molar-refractivity contribution in [2.24, 2.45) is 7.05 Å². The summed E-state index contributed by atoms with van der Waals surface area (Å²) >= 11 is 0. The molecule has 174 valence electrons. The Bertz CT molecular complexity index is 1230. The van der Waals surface area contributed by atoms with Gasteiger partial charge in [0.1, 0.15) is 0 Å². The Morgan fingerprint density at radius 3 is 2.67 bits per heavy atom. The van der Waals surface area contributed by atoms with Crippen LogP contribution in [0.4, 0.5) is 11.4 Å². The number of hydrogen-bond donors (Lipinski definition) is 4. The average Bonchev–Trinajstić information content (AvgIpc) is 3.40. The minimum atomic E-state index is 0.520. The van der Waals surface area contributed by atoms with Crippen molar-refractivity contribution in [1.29, 1.82) is 0 Å². The summed E-state index contributed by atoms with van der Waals surface area (Å²) in [7, 11) is 2.15. The van der Waals surface area contributed by atoms with E-state index in [2.05, 4.69) is 95.2 Å². The molecule has 1 atom stereocenters. The van der Waals surface area contributed by atoms with Crippen LogP contribution in [0.15, 0.2) is 48.8 Å². The minimum absolute atomic E-state index is 0.520. The van der Waals surface area contributed by atoms with Gasteiger partial charge in [-0.3, -0.25) is 0 Å². The third-order valence-electron chi connectivity index (χ3n) is 7.34. The number of nitrogens with one attached hydrogen (secondary N) is 4. The zero-order chi connectivity index (χ0) is 22.8. The van der Waals surface area contributed by atoms with Gasteiger partial charge in [0.2, 0.25) is 0 Å². The summed E-state index contributed by atoms with van der Waals surface area (Å²) in [5, 5.41) is 13.3. The zero-order valence-electron chi connectivity index (χ0n) is 20.2. The number of aryl methyl sites for hydroxylation is 1. The Balaban J connectivity index is 1.38. The molecule has 1 fully saturated rings. The van der Waals surface area contributed by atoms with Crippen molar-refractivity contribution in [3.05, 3.63) is 59.9 Å². The van der Waals surface area contributed by atoms with Gasteiger partial charge < -0.3 is 25.5 Å². The van der Waals surface area contributed by atoms with E-state index in [1.807, 2.05) is 0 Å². The maximum absolute atomic E-state index is 3.65. The fourth-order valence-corrected chi connectivity index (χ4v) is 5.41. The molecule has 33 heavy (non-hydrogen) atoms. The summed E-state index contributed by atoms with van der Waals surface area (Å²) in [6, 6.07) is 13.5. The first kappa shape index (κ1) is 22.1. The van der Waals surface area contributed by atoms with Crippen LogP contribution in [0, 0.1) is 0 Å². The predicted octanol–water partition coefficient (Wildman–Crippen LogP) is 5.97. The van der Waals surface area contributed by atoms with Crippen molar-refractivity contribution in [2.45, 2.75) is 44.9 Å². The Hall–Kier alpha value is -2.76. The number of nitrogens with zero attached hydrogens (tertiary/aromatic N) is 1. The summed E-state index contributed by atoms with van der Waals surface area (Å²) in [6.07, 6.45) is 8.12. The molecule has 2 aromatic carbocycles. The predicted molar refractivity (Wildman–Crippen MR) is 141 cm³/mol. The van der Waals surface area contributed by atoms with Gasteiger partial charge in [0.15, 0.2) is 0 Å². The molecule has 4 N–H and O–H groups in total. The molecular weight excluding hydrogens is 406 g/mol. The van der Waals surface area contributed by atoms with Crippen LogP contribution in [0.1, 0.15) is 56.1 Å². The highest BCUT2D eigenvalue weighted by Gasteiger charge is 2.19. The Kier molecular flexibility index (Phi) is 6.43. The lowest BCUT2D eigenvalue weighted by atomic mass is 9.90. The Labute approximate surface area is 197 Å². The highest BCUT2D eigenvalue weighted by Crippen LogP contribution is 2.34. The minimum Gasteiger partial charge on any atom is -0.361 e. The lowest BCUT2D eigenvalue weighted by molar-refractivity contribution is 0.462. The van der Waals surface area contributed by atoms with Crippen LogP contribution in [0.3, 0.4) is 0 Å². The smallest absolute Gasteiger partial charge is 0.0482 e. The van der Waals surface area contributed by atoms with Gasteiger partial charge in [-0.2, -0.15) is 0 Å². The Morgan fingerprint density at radius 1 is 1.06 bits per heavy atom. The third-order valence-corrected chi connectivity index (χ3v) is 7.34. The molecule has 4 aromatic rings. The molecule has 1 aliphatic rings. The van der Waals surface area contributed by atoms with E-state index in [1.54, 1.807) is 0 Å². The van der Waals surface area contributed by atoms with Gasteiger partial charge in [-0.1, -0.05) is 19.9 Å². The maximum Gasteiger partial charge on any atom is 0.0482 e. The first-order valence-electron chi connectivity index (χ1n) is 12.5. The van der Waals surface area contributed by atoms with Crippen LogP contribution >= 0.6 is 0 Å². The standard InChI is InChI=1S/C28H37N5/c1-4-29-12-9-19(2)26-18-33(3)28-8-6-21(15-24(26)28)32-22-5-7-23-25(17-31-27(23)16-22)20-10-13-30-14-11-20/h5-8,15-20,29-32H,4,9-14H2,1-3H3. The number of rotatable bonds is 8. The van der Waals surface area contributed by atoms with Crippen molar-refractivity contribution in [3.8, 4) is 0 Å². The molecule has 0 saturated carbocycles. The van der Waals surface area contributed by atoms with E-state index in [1.165, 1.54) is 45.8 Å². The lowest BCUT2D eigenvalue weighted by Gasteiger charge is -2.22. The van der Waals surface area contributed by atoms with Crippen LogP contribution < -0.4 is 16.0 Å². The summed E-state index contributed by atoms with van der Waals surface area (Å²) in [4.78, 5) is 3.52. The van der Waals surface area contributed by atoms with Gasteiger partial charge >= 0.3 is 0 Å². The summed E-state index contributed by atoms with van der Waals surface area (Å²) in [5.74, 6) is 1.18. The number of aromatic amines is 1. The highest BCUT2D eigenvalue weighted by molar-refractivity contribution is 5.90. The molecule has 0 spiro atoms. The van der Waals surface area contributed by atoms with Crippen LogP contribution in [0.5, 0.6) is 0 Å². The van der Waals surface area contributed by atoms with Gasteiger partial charge in [0.25, 0.3) is 0 Å². The van der Waals surface area contributed by atoms with E-state index in [0.29, 0.717) is 11.8 Å². The van der Waals surface area contributed by atoms with E-state index in [-0.39, 0.29) is 0 Å². The topological polar surface area (TPSA) is 56.8 Å². The van der Waals surface area contributed by atoms with Gasteiger partial charge in [0.05, 0.1) is 0 Å². The highest BCUT2D eigenvalue weighted by atomic mass is 14.9. The summed E-state index contributed by atoms with van der Waals surface area (Å²) in [5.41, 5.74) is 7.67.